The van der Waals surface area contributed by atoms with Gasteiger partial charge in [0.25, 0.3) is 11.7 Å². The van der Waals surface area contributed by atoms with Crippen molar-refractivity contribution in [3.8, 4) is 0 Å². The van der Waals surface area contributed by atoms with Crippen molar-refractivity contribution in [3.05, 3.63) is 59.7 Å². The molecule has 0 heterocycles. The van der Waals surface area contributed by atoms with Gasteiger partial charge in [-0.2, -0.15) is 0 Å². The lowest BCUT2D eigenvalue weighted by molar-refractivity contribution is -0.112. The van der Waals surface area contributed by atoms with Gasteiger partial charge in [-0.3, -0.25) is 9.59 Å². The van der Waals surface area contributed by atoms with E-state index in [4.69, 9.17) is 0 Å². The number of nitrogens with one attached hydrogen (secondary N) is 1. The summed E-state index contributed by atoms with van der Waals surface area (Å²) >= 11 is 0. The highest BCUT2D eigenvalue weighted by Crippen LogP contribution is 2.22. The van der Waals surface area contributed by atoms with Crippen molar-refractivity contribution in [1.29, 1.82) is 0 Å². The van der Waals surface area contributed by atoms with Crippen molar-refractivity contribution < 1.29 is 18.0 Å². The summed E-state index contributed by atoms with van der Waals surface area (Å²) in [4.78, 5) is 24.5. The first-order valence-electron chi connectivity index (χ1n) is 7.75. The summed E-state index contributed by atoms with van der Waals surface area (Å²) in [6.45, 7) is 6.18. The molecule has 2 aromatic carbocycles. The minimum absolute atomic E-state index is 0.0457. The maximum absolute atomic E-state index is 12.3. The minimum Gasteiger partial charge on any atom is -0.319 e. The highest BCUT2D eigenvalue weighted by molar-refractivity contribution is 7.90. The maximum Gasteiger partial charge on any atom is 0.296 e. The van der Waals surface area contributed by atoms with Crippen LogP contribution in [0.4, 0.5) is 5.69 Å². The van der Waals surface area contributed by atoms with Gasteiger partial charge in [0.15, 0.2) is 9.84 Å². The molecule has 2 rings (SSSR count). The summed E-state index contributed by atoms with van der Waals surface area (Å²) in [5.41, 5.74) is 1.55. The van der Waals surface area contributed by atoms with Crippen molar-refractivity contribution in [2.45, 2.75) is 31.1 Å². The molecule has 0 atom stereocenters. The number of anilines is 1. The van der Waals surface area contributed by atoms with Gasteiger partial charge in [0, 0.05) is 17.5 Å². The van der Waals surface area contributed by atoms with Gasteiger partial charge in [0.05, 0.1) is 4.90 Å². The van der Waals surface area contributed by atoms with E-state index in [1.54, 1.807) is 12.1 Å². The van der Waals surface area contributed by atoms with Gasteiger partial charge in [-0.1, -0.05) is 51.1 Å². The zero-order valence-corrected chi connectivity index (χ0v) is 15.5. The van der Waals surface area contributed by atoms with E-state index in [0.717, 1.165) is 11.8 Å². The third kappa shape index (κ3) is 4.76. The average Bonchev–Trinajstić information content (AvgIpc) is 2.53. The topological polar surface area (TPSA) is 80.3 Å². The van der Waals surface area contributed by atoms with Crippen molar-refractivity contribution in [2.24, 2.45) is 0 Å². The van der Waals surface area contributed by atoms with E-state index in [1.165, 1.54) is 24.3 Å². The first-order chi connectivity index (χ1) is 11.5. The summed E-state index contributed by atoms with van der Waals surface area (Å²) in [5, 5.41) is 2.44. The molecule has 0 radical (unpaired) electrons. The van der Waals surface area contributed by atoms with Gasteiger partial charge in [0.1, 0.15) is 0 Å². The number of benzene rings is 2. The second-order valence-corrected chi connectivity index (χ2v) is 8.93. The third-order valence-corrected chi connectivity index (χ3v) is 4.85. The molecule has 0 aliphatic carbocycles. The van der Waals surface area contributed by atoms with Crippen LogP contribution in [0.15, 0.2) is 53.4 Å². The number of amides is 1. The van der Waals surface area contributed by atoms with Crippen LogP contribution in [-0.4, -0.2) is 26.4 Å². The zero-order chi connectivity index (χ0) is 18.8. The van der Waals surface area contributed by atoms with Crippen LogP contribution < -0.4 is 5.32 Å². The molecule has 6 heteroatoms. The Morgan fingerprint density at radius 1 is 0.960 bits per heavy atom. The van der Waals surface area contributed by atoms with Gasteiger partial charge in [0.2, 0.25) is 0 Å². The van der Waals surface area contributed by atoms with Gasteiger partial charge >= 0.3 is 0 Å². The number of hydrogen-bond donors (Lipinski definition) is 1. The number of carbonyl (C=O) groups excluding carboxylic acids is 2. The van der Waals surface area contributed by atoms with E-state index in [1.807, 2.05) is 12.1 Å². The average molecular weight is 359 g/mol. The lowest BCUT2D eigenvalue weighted by Gasteiger charge is -2.18. The third-order valence-electron chi connectivity index (χ3n) is 3.74. The van der Waals surface area contributed by atoms with Crippen LogP contribution in [0.5, 0.6) is 0 Å². The number of carbonyl (C=O) groups is 2. The second kappa shape index (κ2) is 6.80. The maximum atomic E-state index is 12.3. The highest BCUT2D eigenvalue weighted by Gasteiger charge is 2.19. The fourth-order valence-electron chi connectivity index (χ4n) is 2.25. The Labute approximate surface area is 148 Å². The van der Waals surface area contributed by atoms with Gasteiger partial charge < -0.3 is 5.32 Å². The molecular formula is C19H21NO4S. The predicted octanol–water partition coefficient (Wildman–Crippen LogP) is 3.21. The molecule has 5 nitrogen and oxygen atoms in total. The molecule has 0 saturated carbocycles. The molecule has 0 unspecified atom stereocenters. The Morgan fingerprint density at radius 3 is 2.08 bits per heavy atom. The number of rotatable bonds is 4. The molecule has 1 N–H and O–H groups in total. The van der Waals surface area contributed by atoms with Crippen LogP contribution in [-0.2, 0) is 20.0 Å². The quantitative estimate of drug-likeness (QED) is 0.671. The smallest absolute Gasteiger partial charge is 0.296 e. The Hall–Kier alpha value is -2.47. The Morgan fingerprint density at radius 2 is 1.56 bits per heavy atom. The van der Waals surface area contributed by atoms with E-state index in [9.17, 15) is 18.0 Å². The Kier molecular flexibility index (Phi) is 5.13. The van der Waals surface area contributed by atoms with Crippen LogP contribution >= 0.6 is 0 Å². The Bertz CT molecular complexity index is 907. The highest BCUT2D eigenvalue weighted by atomic mass is 32.2. The van der Waals surface area contributed by atoms with Crippen LogP contribution in [0.3, 0.4) is 0 Å². The lowest BCUT2D eigenvalue weighted by Crippen LogP contribution is -2.23. The molecule has 0 aliphatic heterocycles. The lowest BCUT2D eigenvalue weighted by atomic mass is 9.86. The van der Waals surface area contributed by atoms with Gasteiger partial charge in [-0.15, -0.1) is 0 Å². The van der Waals surface area contributed by atoms with E-state index in [2.05, 4.69) is 26.1 Å². The van der Waals surface area contributed by atoms with E-state index in [-0.39, 0.29) is 21.6 Å². The predicted molar refractivity (Wildman–Crippen MR) is 97.7 cm³/mol. The number of sulfone groups is 1. The molecule has 132 valence electrons. The largest absolute Gasteiger partial charge is 0.319 e. The monoisotopic (exact) mass is 359 g/mol. The fraction of sp³-hybridized carbons (Fsp3) is 0.263. The zero-order valence-electron chi connectivity index (χ0n) is 14.7. The fourth-order valence-corrected chi connectivity index (χ4v) is 2.91. The molecule has 2 aromatic rings. The Balaban J connectivity index is 2.17. The normalized spacial score (nSPS) is 11.8. The molecule has 0 bridgehead atoms. The second-order valence-electron chi connectivity index (χ2n) is 6.91. The van der Waals surface area contributed by atoms with Crippen LogP contribution in [0, 0.1) is 0 Å². The van der Waals surface area contributed by atoms with E-state index >= 15 is 0 Å². The summed E-state index contributed by atoms with van der Waals surface area (Å²) in [7, 11) is -3.39. The van der Waals surface area contributed by atoms with Crippen molar-refractivity contribution in [2.75, 3.05) is 11.6 Å². The summed E-state index contributed by atoms with van der Waals surface area (Å²) in [5.74, 6) is -1.49. The molecule has 0 aromatic heterocycles. The summed E-state index contributed by atoms with van der Waals surface area (Å²) in [6, 6.07) is 12.7. The van der Waals surface area contributed by atoms with Gasteiger partial charge in [-0.25, -0.2) is 8.42 Å². The molecule has 25 heavy (non-hydrogen) atoms. The number of hydrogen-bond acceptors (Lipinski definition) is 4. The van der Waals surface area contributed by atoms with Crippen molar-refractivity contribution in [3.63, 3.8) is 0 Å². The molecule has 0 fully saturated rings. The van der Waals surface area contributed by atoms with Crippen molar-refractivity contribution >= 4 is 27.2 Å². The summed E-state index contributed by atoms with van der Waals surface area (Å²) in [6.07, 6.45) is 1.08. The molecular weight excluding hydrogens is 338 g/mol. The standard InChI is InChI=1S/C19H21NO4S/c1-19(2,3)14-10-8-13(9-11-14)17(21)18(22)20-15-6-5-7-16(12-15)25(4,23)24/h5-12H,1-4H3,(H,20,22). The summed E-state index contributed by atoms with van der Waals surface area (Å²) < 4.78 is 23.1. The van der Waals surface area contributed by atoms with Crippen molar-refractivity contribution in [1.82, 2.24) is 0 Å². The van der Waals surface area contributed by atoms with E-state index in [0.29, 0.717) is 0 Å². The minimum atomic E-state index is -3.39. The first kappa shape index (κ1) is 18.9. The van der Waals surface area contributed by atoms with Crippen LogP contribution in [0.25, 0.3) is 0 Å². The van der Waals surface area contributed by atoms with Gasteiger partial charge in [-0.05, 0) is 29.2 Å². The number of Topliss-reactive ketones (excluding diaryl/α,β-unsaturated/α-hetero) is 1. The number of ketones is 1. The molecule has 0 aliphatic rings. The SMILES string of the molecule is CC(C)(C)c1ccc(C(=O)C(=O)Nc2cccc(S(C)(=O)=O)c2)cc1. The van der Waals surface area contributed by atoms with Crippen LogP contribution in [0.1, 0.15) is 36.7 Å². The molecule has 0 saturated heterocycles. The van der Waals surface area contributed by atoms with Crippen LogP contribution in [0.2, 0.25) is 0 Å². The van der Waals surface area contributed by atoms with E-state index < -0.39 is 21.5 Å². The molecule has 1 amide bonds. The molecule has 0 spiro atoms. The first-order valence-corrected chi connectivity index (χ1v) is 9.64.